The summed E-state index contributed by atoms with van der Waals surface area (Å²) in [5, 5.41) is 4.90. The first-order valence-corrected chi connectivity index (χ1v) is 8.06. The number of hydrogen-bond acceptors (Lipinski definition) is 4. The van der Waals surface area contributed by atoms with Crippen LogP contribution in [0.25, 0.3) is 11.0 Å². The molecule has 2 heterocycles. The Hall–Kier alpha value is -1.66. The second-order valence-electron chi connectivity index (χ2n) is 4.76. The van der Waals surface area contributed by atoms with Gasteiger partial charge >= 0.3 is 0 Å². The smallest absolute Gasteiger partial charge is 0.228 e. The van der Waals surface area contributed by atoms with Crippen LogP contribution in [-0.4, -0.2) is 23.0 Å². The Kier molecular flexibility index (Phi) is 4.07. The van der Waals surface area contributed by atoms with Gasteiger partial charge in [0.15, 0.2) is 5.58 Å². The van der Waals surface area contributed by atoms with E-state index in [0.717, 1.165) is 14.0 Å². The number of amides is 1. The van der Waals surface area contributed by atoms with E-state index in [1.165, 1.54) is 0 Å². The summed E-state index contributed by atoms with van der Waals surface area (Å²) in [5.41, 5.74) is 1.40. The van der Waals surface area contributed by atoms with Crippen LogP contribution in [0.2, 0.25) is 0 Å². The van der Waals surface area contributed by atoms with E-state index in [4.69, 9.17) is 4.52 Å². The van der Waals surface area contributed by atoms with Crippen molar-refractivity contribution in [2.75, 3.05) is 7.05 Å². The van der Waals surface area contributed by atoms with Crippen LogP contribution in [0.1, 0.15) is 10.6 Å². The number of hydrogen-bond donors (Lipinski definition) is 0. The fourth-order valence-electron chi connectivity index (χ4n) is 2.10. The first-order valence-electron chi connectivity index (χ1n) is 6.45. The molecule has 0 spiro atoms. The Morgan fingerprint density at radius 1 is 1.33 bits per heavy atom. The standard InChI is InChI=1S/C15H13BrN2O2S/c1-18(9-10-6-7-14(16)21-10)15(19)8-12-11-4-2-3-5-13(11)20-17-12/h2-7H,8-9H2,1H3. The molecular weight excluding hydrogens is 352 g/mol. The number of carbonyl (C=O) groups is 1. The zero-order chi connectivity index (χ0) is 14.8. The highest BCUT2D eigenvalue weighted by Gasteiger charge is 2.16. The van der Waals surface area contributed by atoms with Crippen molar-refractivity contribution in [3.63, 3.8) is 0 Å². The predicted octanol–water partition coefficient (Wildman–Crippen LogP) is 3.85. The lowest BCUT2D eigenvalue weighted by Crippen LogP contribution is -2.27. The third kappa shape index (κ3) is 3.16. The number of benzene rings is 1. The topological polar surface area (TPSA) is 46.3 Å². The molecule has 0 saturated carbocycles. The van der Waals surface area contributed by atoms with Crippen molar-refractivity contribution in [1.82, 2.24) is 10.1 Å². The largest absolute Gasteiger partial charge is 0.356 e. The molecule has 0 atom stereocenters. The SMILES string of the molecule is CN(Cc1ccc(Br)s1)C(=O)Cc1noc2ccccc12. The van der Waals surface area contributed by atoms with Gasteiger partial charge in [-0.15, -0.1) is 11.3 Å². The second-order valence-corrected chi connectivity index (χ2v) is 7.31. The number of likely N-dealkylation sites (N-methyl/N-ethyl adjacent to an activating group) is 1. The van der Waals surface area contributed by atoms with Gasteiger partial charge in [0.25, 0.3) is 0 Å². The minimum absolute atomic E-state index is 0.0265. The van der Waals surface area contributed by atoms with Crippen LogP contribution in [0.3, 0.4) is 0 Å². The molecule has 0 aliphatic rings. The molecule has 4 nitrogen and oxygen atoms in total. The molecule has 3 aromatic rings. The maximum atomic E-state index is 12.3. The summed E-state index contributed by atoms with van der Waals surface area (Å²) in [7, 11) is 1.80. The maximum absolute atomic E-state index is 12.3. The molecule has 0 aliphatic heterocycles. The lowest BCUT2D eigenvalue weighted by atomic mass is 10.1. The molecule has 1 aromatic carbocycles. The zero-order valence-corrected chi connectivity index (χ0v) is 13.8. The summed E-state index contributed by atoms with van der Waals surface area (Å²) < 4.78 is 6.30. The van der Waals surface area contributed by atoms with E-state index in [1.54, 1.807) is 23.3 Å². The molecule has 108 valence electrons. The molecule has 6 heteroatoms. The molecule has 0 N–H and O–H groups in total. The van der Waals surface area contributed by atoms with Crippen molar-refractivity contribution in [3.05, 3.63) is 50.8 Å². The summed E-state index contributed by atoms with van der Waals surface area (Å²) in [5.74, 6) is 0.0265. The van der Waals surface area contributed by atoms with Crippen molar-refractivity contribution in [2.45, 2.75) is 13.0 Å². The van der Waals surface area contributed by atoms with Gasteiger partial charge in [0.1, 0.15) is 5.69 Å². The first kappa shape index (κ1) is 14.3. The van der Waals surface area contributed by atoms with Gasteiger partial charge in [0, 0.05) is 17.3 Å². The molecule has 0 bridgehead atoms. The molecule has 0 unspecified atom stereocenters. The van der Waals surface area contributed by atoms with Crippen LogP contribution < -0.4 is 0 Å². The van der Waals surface area contributed by atoms with Crippen molar-refractivity contribution < 1.29 is 9.32 Å². The van der Waals surface area contributed by atoms with Crippen LogP contribution in [0, 0.1) is 0 Å². The first-order chi connectivity index (χ1) is 10.1. The number of carbonyl (C=O) groups excluding carboxylic acids is 1. The lowest BCUT2D eigenvalue weighted by molar-refractivity contribution is -0.129. The van der Waals surface area contributed by atoms with Gasteiger partial charge in [-0.1, -0.05) is 17.3 Å². The Morgan fingerprint density at radius 3 is 2.90 bits per heavy atom. The summed E-state index contributed by atoms with van der Waals surface area (Å²) in [6.07, 6.45) is 0.250. The van der Waals surface area contributed by atoms with Gasteiger partial charge in [0.05, 0.1) is 16.8 Å². The molecule has 0 saturated heterocycles. The molecule has 21 heavy (non-hydrogen) atoms. The average Bonchev–Trinajstić information content (AvgIpc) is 3.06. The molecule has 0 aliphatic carbocycles. The van der Waals surface area contributed by atoms with Gasteiger partial charge in [-0.2, -0.15) is 0 Å². The van der Waals surface area contributed by atoms with Gasteiger partial charge < -0.3 is 9.42 Å². The predicted molar refractivity (Wildman–Crippen MR) is 86.2 cm³/mol. The van der Waals surface area contributed by atoms with E-state index in [1.807, 2.05) is 36.4 Å². The van der Waals surface area contributed by atoms with Gasteiger partial charge in [-0.05, 0) is 40.2 Å². The van der Waals surface area contributed by atoms with E-state index in [-0.39, 0.29) is 12.3 Å². The van der Waals surface area contributed by atoms with Gasteiger partial charge in [-0.3, -0.25) is 4.79 Å². The average molecular weight is 365 g/mol. The van der Waals surface area contributed by atoms with E-state index < -0.39 is 0 Å². The van der Waals surface area contributed by atoms with Crippen molar-refractivity contribution in [1.29, 1.82) is 0 Å². The summed E-state index contributed by atoms with van der Waals surface area (Å²) in [6, 6.07) is 11.6. The Bertz CT molecular complexity index is 781. The minimum atomic E-state index is 0.0265. The fourth-order valence-corrected chi connectivity index (χ4v) is 3.64. The highest BCUT2D eigenvalue weighted by Crippen LogP contribution is 2.23. The molecule has 2 aromatic heterocycles. The Balaban J connectivity index is 1.70. The Labute approximate surface area is 134 Å². The van der Waals surface area contributed by atoms with Crippen LogP contribution in [0.15, 0.2) is 44.7 Å². The molecular formula is C15H13BrN2O2S. The summed E-state index contributed by atoms with van der Waals surface area (Å²) >= 11 is 5.06. The van der Waals surface area contributed by atoms with Crippen LogP contribution >= 0.6 is 27.3 Å². The second kappa shape index (κ2) is 5.99. The molecule has 0 radical (unpaired) electrons. The van der Waals surface area contributed by atoms with Crippen LogP contribution in [0.5, 0.6) is 0 Å². The third-order valence-electron chi connectivity index (χ3n) is 3.22. The van der Waals surface area contributed by atoms with E-state index in [2.05, 4.69) is 21.1 Å². The van der Waals surface area contributed by atoms with Crippen molar-refractivity contribution in [2.24, 2.45) is 0 Å². The lowest BCUT2D eigenvalue weighted by Gasteiger charge is -2.15. The van der Waals surface area contributed by atoms with Gasteiger partial charge in [-0.25, -0.2) is 0 Å². The van der Waals surface area contributed by atoms with Crippen LogP contribution in [-0.2, 0) is 17.8 Å². The molecule has 3 rings (SSSR count). The highest BCUT2D eigenvalue weighted by molar-refractivity contribution is 9.11. The number of halogens is 1. The molecule has 0 fully saturated rings. The number of aromatic nitrogens is 1. The quantitative estimate of drug-likeness (QED) is 0.706. The zero-order valence-electron chi connectivity index (χ0n) is 11.4. The van der Waals surface area contributed by atoms with E-state index in [0.29, 0.717) is 17.8 Å². The number of rotatable bonds is 4. The summed E-state index contributed by atoms with van der Waals surface area (Å²) in [6.45, 7) is 0.602. The molecule has 1 amide bonds. The normalized spacial score (nSPS) is 11.0. The number of fused-ring (bicyclic) bond motifs is 1. The number of nitrogens with zero attached hydrogens (tertiary/aromatic N) is 2. The van der Waals surface area contributed by atoms with Crippen LogP contribution in [0.4, 0.5) is 0 Å². The van der Waals surface area contributed by atoms with E-state index >= 15 is 0 Å². The van der Waals surface area contributed by atoms with Crippen molar-refractivity contribution >= 4 is 44.1 Å². The van der Waals surface area contributed by atoms with E-state index in [9.17, 15) is 4.79 Å². The fraction of sp³-hybridized carbons (Fsp3) is 0.200. The van der Waals surface area contributed by atoms with Crippen molar-refractivity contribution in [3.8, 4) is 0 Å². The number of thiophene rings is 1. The summed E-state index contributed by atoms with van der Waals surface area (Å²) in [4.78, 5) is 15.2. The highest BCUT2D eigenvalue weighted by atomic mass is 79.9. The van der Waals surface area contributed by atoms with Gasteiger partial charge in [0.2, 0.25) is 5.91 Å². The Morgan fingerprint density at radius 2 is 2.14 bits per heavy atom. The monoisotopic (exact) mass is 364 g/mol. The number of para-hydroxylation sites is 1. The maximum Gasteiger partial charge on any atom is 0.228 e. The minimum Gasteiger partial charge on any atom is -0.356 e. The third-order valence-corrected chi connectivity index (χ3v) is 4.83.